The highest BCUT2D eigenvalue weighted by atomic mass is 127. The van der Waals surface area contributed by atoms with Crippen molar-refractivity contribution in [3.05, 3.63) is 11.7 Å². The van der Waals surface area contributed by atoms with Gasteiger partial charge in [-0.15, -0.1) is 24.0 Å². The van der Waals surface area contributed by atoms with Crippen molar-refractivity contribution in [2.75, 3.05) is 39.8 Å². The zero-order chi connectivity index (χ0) is 18.1. The fourth-order valence-corrected chi connectivity index (χ4v) is 2.91. The summed E-state index contributed by atoms with van der Waals surface area (Å²) < 4.78 is 5.25. The van der Waals surface area contributed by atoms with Gasteiger partial charge in [0.25, 0.3) is 0 Å². The van der Waals surface area contributed by atoms with Gasteiger partial charge in [0.2, 0.25) is 5.89 Å². The van der Waals surface area contributed by atoms with E-state index in [2.05, 4.69) is 51.4 Å². The molecule has 0 aromatic carbocycles. The van der Waals surface area contributed by atoms with Gasteiger partial charge < -0.3 is 20.1 Å². The van der Waals surface area contributed by atoms with Gasteiger partial charge in [-0.05, 0) is 44.8 Å². The van der Waals surface area contributed by atoms with Gasteiger partial charge in [-0.25, -0.2) is 0 Å². The van der Waals surface area contributed by atoms with Gasteiger partial charge >= 0.3 is 0 Å². The lowest BCUT2D eigenvalue weighted by atomic mass is 9.99. The Labute approximate surface area is 174 Å². The minimum atomic E-state index is 0. The van der Waals surface area contributed by atoms with Crippen LogP contribution in [0.25, 0.3) is 0 Å². The number of aliphatic imine (C=N–C) groups is 1. The van der Waals surface area contributed by atoms with E-state index in [-0.39, 0.29) is 24.0 Å². The van der Waals surface area contributed by atoms with E-state index in [0.717, 1.165) is 43.8 Å². The number of hydrogen-bond acceptors (Lipinski definition) is 5. The second-order valence-corrected chi connectivity index (χ2v) is 7.25. The van der Waals surface area contributed by atoms with E-state index in [0.29, 0.717) is 18.2 Å². The number of nitrogens with zero attached hydrogens (tertiary/aromatic N) is 4. The van der Waals surface area contributed by atoms with Gasteiger partial charge in [-0.3, -0.25) is 4.99 Å². The molecule has 2 heterocycles. The van der Waals surface area contributed by atoms with Gasteiger partial charge in [-0.2, -0.15) is 4.98 Å². The molecule has 26 heavy (non-hydrogen) atoms. The van der Waals surface area contributed by atoms with Crippen molar-refractivity contribution in [1.29, 1.82) is 0 Å². The van der Waals surface area contributed by atoms with Crippen molar-refractivity contribution < 1.29 is 4.52 Å². The predicted molar refractivity (Wildman–Crippen MR) is 116 cm³/mol. The van der Waals surface area contributed by atoms with Crippen LogP contribution >= 0.6 is 24.0 Å². The first-order chi connectivity index (χ1) is 12.1. The first-order valence-electron chi connectivity index (χ1n) is 9.57. The summed E-state index contributed by atoms with van der Waals surface area (Å²) in [7, 11) is 1.80. The van der Waals surface area contributed by atoms with Crippen LogP contribution in [0.2, 0.25) is 0 Å². The molecule has 0 unspecified atom stereocenters. The molecule has 0 radical (unpaired) electrons. The molecular weight excluding hydrogens is 443 g/mol. The summed E-state index contributed by atoms with van der Waals surface area (Å²) in [5, 5.41) is 10.7. The standard InChI is InChI=1S/C18H34N6O.HI/c1-14(2)17-22-16(25-23-17)6-10-21-18(19-4)20-9-5-11-24-12-7-15(3)8-13-24;/h14-15H,5-13H2,1-4H3,(H2,19,20,21);1H. The molecule has 1 saturated heterocycles. The minimum Gasteiger partial charge on any atom is -0.356 e. The number of guanidine groups is 1. The van der Waals surface area contributed by atoms with Gasteiger partial charge in [-0.1, -0.05) is 25.9 Å². The number of likely N-dealkylation sites (tertiary alicyclic amines) is 1. The van der Waals surface area contributed by atoms with Crippen molar-refractivity contribution in [3.8, 4) is 0 Å². The Morgan fingerprint density at radius 3 is 2.58 bits per heavy atom. The quantitative estimate of drug-likeness (QED) is 0.259. The molecule has 2 N–H and O–H groups in total. The van der Waals surface area contributed by atoms with E-state index in [9.17, 15) is 0 Å². The maximum atomic E-state index is 5.25. The monoisotopic (exact) mass is 478 g/mol. The van der Waals surface area contributed by atoms with Crippen molar-refractivity contribution in [2.45, 2.75) is 52.4 Å². The van der Waals surface area contributed by atoms with Crippen molar-refractivity contribution in [1.82, 2.24) is 25.7 Å². The second kappa shape index (κ2) is 12.5. The van der Waals surface area contributed by atoms with E-state index in [4.69, 9.17) is 4.52 Å². The molecular formula is C18H35IN6O. The zero-order valence-electron chi connectivity index (χ0n) is 16.6. The molecule has 1 aromatic heterocycles. The van der Waals surface area contributed by atoms with Crippen LogP contribution in [0.5, 0.6) is 0 Å². The Bertz CT molecular complexity index is 526. The van der Waals surface area contributed by atoms with E-state index >= 15 is 0 Å². The molecule has 1 aliphatic heterocycles. The SMILES string of the molecule is CN=C(NCCCN1CCC(C)CC1)NCCc1nc(C(C)C)no1.I. The molecule has 7 nitrogen and oxygen atoms in total. The Kier molecular flexibility index (Phi) is 11.1. The van der Waals surface area contributed by atoms with E-state index in [1.807, 2.05) is 0 Å². The number of hydrogen-bond donors (Lipinski definition) is 2. The van der Waals surface area contributed by atoms with E-state index in [1.165, 1.54) is 25.9 Å². The molecule has 0 saturated carbocycles. The van der Waals surface area contributed by atoms with Crippen LogP contribution in [0.3, 0.4) is 0 Å². The number of aromatic nitrogens is 2. The first-order valence-corrected chi connectivity index (χ1v) is 9.57. The van der Waals surface area contributed by atoms with Gasteiger partial charge in [0.1, 0.15) is 0 Å². The first kappa shape index (κ1) is 23.1. The van der Waals surface area contributed by atoms with Gasteiger partial charge in [0.05, 0.1) is 0 Å². The topological polar surface area (TPSA) is 78.6 Å². The van der Waals surface area contributed by atoms with Crippen LogP contribution < -0.4 is 10.6 Å². The fourth-order valence-electron chi connectivity index (χ4n) is 2.91. The maximum absolute atomic E-state index is 5.25. The molecule has 1 aromatic rings. The maximum Gasteiger partial charge on any atom is 0.228 e. The summed E-state index contributed by atoms with van der Waals surface area (Å²) in [6.45, 7) is 11.8. The third-order valence-electron chi connectivity index (χ3n) is 4.67. The van der Waals surface area contributed by atoms with Crippen LogP contribution in [-0.4, -0.2) is 60.8 Å². The van der Waals surface area contributed by atoms with Gasteiger partial charge in [0, 0.05) is 32.5 Å². The average Bonchev–Trinajstić information content (AvgIpc) is 3.08. The summed E-state index contributed by atoms with van der Waals surface area (Å²) in [5.74, 6) is 3.46. The summed E-state index contributed by atoms with van der Waals surface area (Å²) in [6, 6.07) is 0. The summed E-state index contributed by atoms with van der Waals surface area (Å²) in [6.07, 6.45) is 4.51. The zero-order valence-corrected chi connectivity index (χ0v) is 19.0. The van der Waals surface area contributed by atoms with Gasteiger partial charge in [0.15, 0.2) is 11.8 Å². The lowest BCUT2D eigenvalue weighted by Gasteiger charge is -2.30. The van der Waals surface area contributed by atoms with Crippen molar-refractivity contribution in [2.24, 2.45) is 10.9 Å². The molecule has 0 atom stereocenters. The van der Waals surface area contributed by atoms with Crippen molar-refractivity contribution >= 4 is 29.9 Å². The second-order valence-electron chi connectivity index (χ2n) is 7.25. The number of piperidine rings is 1. The largest absolute Gasteiger partial charge is 0.356 e. The van der Waals surface area contributed by atoms with Crippen LogP contribution in [0, 0.1) is 5.92 Å². The Balaban J connectivity index is 0.00000338. The smallest absolute Gasteiger partial charge is 0.228 e. The molecule has 0 aliphatic carbocycles. The van der Waals surface area contributed by atoms with Crippen LogP contribution in [0.4, 0.5) is 0 Å². The van der Waals surface area contributed by atoms with Crippen LogP contribution in [0.15, 0.2) is 9.52 Å². The number of nitrogens with one attached hydrogen (secondary N) is 2. The van der Waals surface area contributed by atoms with Crippen LogP contribution in [0.1, 0.15) is 57.7 Å². The Morgan fingerprint density at radius 2 is 1.96 bits per heavy atom. The average molecular weight is 478 g/mol. The third-order valence-corrected chi connectivity index (χ3v) is 4.67. The molecule has 150 valence electrons. The minimum absolute atomic E-state index is 0. The number of halogens is 1. The third kappa shape index (κ3) is 8.20. The molecule has 8 heteroatoms. The highest BCUT2D eigenvalue weighted by Crippen LogP contribution is 2.15. The normalized spacial score (nSPS) is 16.6. The molecule has 1 aliphatic rings. The van der Waals surface area contributed by atoms with Crippen molar-refractivity contribution in [3.63, 3.8) is 0 Å². The molecule has 0 amide bonds. The molecule has 2 rings (SSSR count). The lowest BCUT2D eigenvalue weighted by Crippen LogP contribution is -2.40. The van der Waals surface area contributed by atoms with E-state index in [1.54, 1.807) is 7.05 Å². The molecule has 0 spiro atoms. The highest BCUT2D eigenvalue weighted by Gasteiger charge is 2.14. The molecule has 0 bridgehead atoms. The lowest BCUT2D eigenvalue weighted by molar-refractivity contribution is 0.191. The predicted octanol–water partition coefficient (Wildman–Crippen LogP) is 2.64. The summed E-state index contributed by atoms with van der Waals surface area (Å²) in [4.78, 5) is 11.2. The van der Waals surface area contributed by atoms with Crippen LogP contribution in [-0.2, 0) is 6.42 Å². The molecule has 1 fully saturated rings. The Morgan fingerprint density at radius 1 is 1.27 bits per heavy atom. The summed E-state index contributed by atoms with van der Waals surface area (Å²) >= 11 is 0. The Hall–Kier alpha value is -0.900. The summed E-state index contributed by atoms with van der Waals surface area (Å²) in [5.41, 5.74) is 0. The highest BCUT2D eigenvalue weighted by molar-refractivity contribution is 14.0. The number of rotatable bonds is 8. The van der Waals surface area contributed by atoms with E-state index < -0.39 is 0 Å². The fraction of sp³-hybridized carbons (Fsp3) is 0.833.